The molecule has 0 aromatic heterocycles. The van der Waals surface area contributed by atoms with E-state index in [2.05, 4.69) is 6.92 Å². The Morgan fingerprint density at radius 3 is 1.22 bits per heavy atom. The minimum atomic E-state index is -1.04. The summed E-state index contributed by atoms with van der Waals surface area (Å²) in [5.74, 6) is -0.890. The van der Waals surface area contributed by atoms with Crippen molar-refractivity contribution in [1.29, 1.82) is 0 Å². The fourth-order valence-electron chi connectivity index (χ4n) is 2.09. The molecule has 0 bridgehead atoms. The van der Waals surface area contributed by atoms with Crippen LogP contribution >= 0.6 is 0 Å². The molecule has 6 heteroatoms. The van der Waals surface area contributed by atoms with Gasteiger partial charge in [-0.15, -0.1) is 0 Å². The van der Waals surface area contributed by atoms with Gasteiger partial charge in [-0.25, -0.2) is 0 Å². The van der Waals surface area contributed by atoms with E-state index in [9.17, 15) is 4.79 Å². The normalized spacial score (nSPS) is 11.6. The highest BCUT2D eigenvalue weighted by molar-refractivity contribution is 5.77. The number of unbranched alkanes of at least 4 members (excludes halogenated alkanes) is 9. The van der Waals surface area contributed by atoms with E-state index in [4.69, 9.17) is 26.2 Å². The van der Waals surface area contributed by atoms with Crippen LogP contribution in [0.4, 0.5) is 0 Å². The summed E-state index contributed by atoms with van der Waals surface area (Å²) < 4.78 is 0. The predicted octanol–water partition coefficient (Wildman–Crippen LogP) is 4.10. The van der Waals surface area contributed by atoms with Crippen LogP contribution in [0.2, 0.25) is 0 Å². The lowest BCUT2D eigenvalue weighted by molar-refractivity contribution is -0.142. The van der Waals surface area contributed by atoms with Crippen LogP contribution in [0.15, 0.2) is 0 Å². The summed E-state index contributed by atoms with van der Waals surface area (Å²) in [6, 6.07) is 0. The van der Waals surface area contributed by atoms with Gasteiger partial charge in [-0.3, -0.25) is 4.79 Å². The van der Waals surface area contributed by atoms with E-state index in [1.165, 1.54) is 51.4 Å². The molecule has 0 saturated carbocycles. The number of carbonyl (C=O) groups is 1. The lowest BCUT2D eigenvalue weighted by atomic mass is 9.95. The number of aliphatic hydroxyl groups excluding tert-OH is 3. The average Bonchev–Trinajstić information content (AvgIpc) is 2.58. The maximum atomic E-state index is 10.8. The maximum Gasteiger partial charge on any atom is 0.323 e. The van der Waals surface area contributed by atoms with Crippen molar-refractivity contribution in [3.05, 3.63) is 0 Å². The van der Waals surface area contributed by atoms with Crippen molar-refractivity contribution in [2.24, 2.45) is 5.73 Å². The van der Waals surface area contributed by atoms with Crippen molar-refractivity contribution in [2.45, 2.75) is 111 Å². The summed E-state index contributed by atoms with van der Waals surface area (Å²) in [6.07, 6.45) is 13.2. The second-order valence-corrected chi connectivity index (χ2v) is 6.60. The first-order valence-corrected chi connectivity index (χ1v) is 10.6. The molecular formula is C21H49NO5. The lowest BCUT2D eigenvalue weighted by Crippen LogP contribution is -2.44. The summed E-state index contributed by atoms with van der Waals surface area (Å²) in [6.45, 7) is 9.63. The summed E-state index contributed by atoms with van der Waals surface area (Å²) in [4.78, 5) is 10.8. The van der Waals surface area contributed by atoms with E-state index in [1.807, 2.05) is 0 Å². The summed E-state index contributed by atoms with van der Waals surface area (Å²) in [5.41, 5.74) is 4.63. The molecule has 1 unspecified atom stereocenters. The summed E-state index contributed by atoms with van der Waals surface area (Å²) in [5, 5.41) is 31.6. The number of carboxylic acids is 1. The molecule has 0 spiro atoms. The minimum Gasteiger partial charge on any atom is -0.480 e. The Labute approximate surface area is 168 Å². The number of carboxylic acid groups (broad SMARTS) is 1. The molecule has 0 heterocycles. The third kappa shape index (κ3) is 41.0. The number of nitrogens with two attached hydrogens (primary N) is 1. The molecule has 0 radical (unpaired) electrons. The zero-order valence-corrected chi connectivity index (χ0v) is 18.7. The van der Waals surface area contributed by atoms with Gasteiger partial charge < -0.3 is 26.2 Å². The van der Waals surface area contributed by atoms with Gasteiger partial charge in [0.25, 0.3) is 0 Å². The third-order valence-corrected chi connectivity index (χ3v) is 3.54. The topological polar surface area (TPSA) is 124 Å². The molecule has 0 rings (SSSR count). The molecule has 0 saturated heterocycles. The molecule has 0 aliphatic heterocycles. The van der Waals surface area contributed by atoms with E-state index in [1.54, 1.807) is 27.7 Å². The van der Waals surface area contributed by atoms with Gasteiger partial charge in [0.05, 0.1) is 0 Å². The van der Waals surface area contributed by atoms with Crippen LogP contribution in [0.25, 0.3) is 0 Å². The van der Waals surface area contributed by atoms with Crippen LogP contribution in [-0.4, -0.2) is 51.8 Å². The number of aliphatic hydroxyl groups is 3. The molecular weight excluding hydrogens is 346 g/mol. The fraction of sp³-hybridized carbons (Fsp3) is 0.952. The Morgan fingerprint density at radius 1 is 0.704 bits per heavy atom. The fourth-order valence-corrected chi connectivity index (χ4v) is 2.09. The Kier molecular flexibility index (Phi) is 37.7. The van der Waals surface area contributed by atoms with Crippen LogP contribution in [0, 0.1) is 0 Å². The van der Waals surface area contributed by atoms with E-state index in [-0.39, 0.29) is 19.8 Å². The highest BCUT2D eigenvalue weighted by Crippen LogP contribution is 2.15. The van der Waals surface area contributed by atoms with Crippen molar-refractivity contribution in [3.63, 3.8) is 0 Å². The Hall–Kier alpha value is -0.690. The molecule has 0 aliphatic rings. The molecule has 0 amide bonds. The number of hydrogen-bond donors (Lipinski definition) is 5. The van der Waals surface area contributed by atoms with Gasteiger partial charge in [-0.1, -0.05) is 71.1 Å². The highest BCUT2D eigenvalue weighted by atomic mass is 16.4. The van der Waals surface area contributed by atoms with Crippen LogP contribution in [-0.2, 0) is 4.79 Å². The highest BCUT2D eigenvalue weighted by Gasteiger charge is 2.26. The van der Waals surface area contributed by atoms with Gasteiger partial charge in [0.2, 0.25) is 0 Å². The van der Waals surface area contributed by atoms with Gasteiger partial charge in [0, 0.05) is 19.8 Å². The summed E-state index contributed by atoms with van der Waals surface area (Å²) >= 11 is 0. The van der Waals surface area contributed by atoms with Crippen molar-refractivity contribution in [3.8, 4) is 0 Å². The number of hydrogen-bond acceptors (Lipinski definition) is 5. The lowest BCUT2D eigenvalue weighted by Gasteiger charge is -2.18. The third-order valence-electron chi connectivity index (χ3n) is 3.54. The quantitative estimate of drug-likeness (QED) is 0.317. The molecule has 0 aromatic rings. The SMILES string of the molecule is CCCCCCCCCCCCC(C)(N)C(=O)O.CCO.CCO.CCO. The first-order valence-electron chi connectivity index (χ1n) is 10.6. The standard InChI is InChI=1S/C15H31NO2.3C2H6O/c1-3-4-5-6-7-8-9-10-11-12-13-15(2,16)14(17)18;3*1-2-3/h3-13,16H2,1-2H3,(H,17,18);3*3H,2H2,1H3. The molecule has 1 atom stereocenters. The Balaban J connectivity index is -0.000000246. The molecule has 6 N–H and O–H groups in total. The largest absolute Gasteiger partial charge is 0.480 e. The van der Waals surface area contributed by atoms with Crippen molar-refractivity contribution >= 4 is 5.97 Å². The minimum absolute atomic E-state index is 0.250. The van der Waals surface area contributed by atoms with Crippen LogP contribution in [0.3, 0.4) is 0 Å². The van der Waals surface area contributed by atoms with Gasteiger partial charge in [-0.05, 0) is 34.1 Å². The zero-order valence-electron chi connectivity index (χ0n) is 18.7. The van der Waals surface area contributed by atoms with Crippen molar-refractivity contribution in [2.75, 3.05) is 19.8 Å². The summed E-state index contributed by atoms with van der Waals surface area (Å²) in [7, 11) is 0. The predicted molar refractivity (Wildman–Crippen MR) is 115 cm³/mol. The van der Waals surface area contributed by atoms with Gasteiger partial charge in [-0.2, -0.15) is 0 Å². The van der Waals surface area contributed by atoms with Crippen molar-refractivity contribution in [1.82, 2.24) is 0 Å². The van der Waals surface area contributed by atoms with Crippen LogP contribution < -0.4 is 5.73 Å². The average molecular weight is 396 g/mol. The second-order valence-electron chi connectivity index (χ2n) is 6.60. The van der Waals surface area contributed by atoms with Gasteiger partial charge >= 0.3 is 5.97 Å². The maximum absolute atomic E-state index is 10.8. The Bertz CT molecular complexity index is 256. The van der Waals surface area contributed by atoms with Gasteiger partial charge in [0.1, 0.15) is 5.54 Å². The molecule has 6 nitrogen and oxygen atoms in total. The van der Waals surface area contributed by atoms with Gasteiger partial charge in [0.15, 0.2) is 0 Å². The molecule has 168 valence electrons. The Morgan fingerprint density at radius 2 is 0.963 bits per heavy atom. The number of aliphatic carboxylic acids is 1. The van der Waals surface area contributed by atoms with E-state index < -0.39 is 11.5 Å². The van der Waals surface area contributed by atoms with E-state index in [0.29, 0.717) is 6.42 Å². The van der Waals surface area contributed by atoms with Crippen LogP contribution in [0.5, 0.6) is 0 Å². The molecule has 0 aromatic carbocycles. The monoisotopic (exact) mass is 395 g/mol. The second kappa shape index (κ2) is 30.1. The first kappa shape index (κ1) is 33.9. The number of rotatable bonds is 12. The first-order chi connectivity index (χ1) is 12.7. The molecule has 0 fully saturated rings. The van der Waals surface area contributed by atoms with E-state index >= 15 is 0 Å². The van der Waals surface area contributed by atoms with E-state index in [0.717, 1.165) is 12.8 Å². The van der Waals surface area contributed by atoms with Crippen LogP contribution in [0.1, 0.15) is 105 Å². The zero-order chi connectivity index (χ0) is 22.0. The molecule has 0 aliphatic carbocycles. The smallest absolute Gasteiger partial charge is 0.323 e. The van der Waals surface area contributed by atoms with Crippen molar-refractivity contribution < 1.29 is 25.2 Å². The molecule has 27 heavy (non-hydrogen) atoms.